The molecule has 0 aliphatic carbocycles. The fourth-order valence-corrected chi connectivity index (χ4v) is 3.18. The van der Waals surface area contributed by atoms with E-state index in [0.29, 0.717) is 46.5 Å². The number of methoxy groups -OCH3 is 5. The first-order valence-electron chi connectivity index (χ1n) is 10.6. The second-order valence-electron chi connectivity index (χ2n) is 7.11. The molecule has 3 aromatic rings. The summed E-state index contributed by atoms with van der Waals surface area (Å²) >= 11 is 0. The fraction of sp³-hybridized carbons (Fsp3) is 0.240. The van der Waals surface area contributed by atoms with Crippen LogP contribution < -0.4 is 34.3 Å². The van der Waals surface area contributed by atoms with Crippen LogP contribution in [0, 0.1) is 0 Å². The molecule has 2 N–H and O–H groups in total. The van der Waals surface area contributed by atoms with Gasteiger partial charge in [0, 0.05) is 41.8 Å². The fourth-order valence-electron chi connectivity index (χ4n) is 3.18. The van der Waals surface area contributed by atoms with Crippen molar-refractivity contribution < 1.29 is 28.5 Å². The number of ether oxygens (including phenoxy) is 5. The predicted molar refractivity (Wildman–Crippen MR) is 132 cm³/mol. The summed E-state index contributed by atoms with van der Waals surface area (Å²) in [5.74, 6) is 2.05. The number of carbonyl (C=O) groups is 1. The van der Waals surface area contributed by atoms with Gasteiger partial charge in [-0.25, -0.2) is 4.99 Å². The first-order chi connectivity index (χ1) is 17.0. The lowest BCUT2D eigenvalue weighted by molar-refractivity contribution is 0.0976. The molecule has 0 fully saturated rings. The third-order valence-electron chi connectivity index (χ3n) is 4.94. The van der Waals surface area contributed by atoms with Gasteiger partial charge in [-0.2, -0.15) is 0 Å². The van der Waals surface area contributed by atoms with E-state index in [2.05, 4.69) is 20.6 Å². The zero-order valence-corrected chi connectivity index (χ0v) is 20.2. The number of guanidine groups is 1. The lowest BCUT2D eigenvalue weighted by Crippen LogP contribution is -2.36. The largest absolute Gasteiger partial charge is 0.497 e. The molecule has 35 heavy (non-hydrogen) atoms. The second-order valence-corrected chi connectivity index (χ2v) is 7.11. The van der Waals surface area contributed by atoms with Gasteiger partial charge in [0.2, 0.25) is 11.7 Å². The highest BCUT2D eigenvalue weighted by molar-refractivity contribution is 6.10. The zero-order chi connectivity index (χ0) is 25.2. The monoisotopic (exact) mass is 480 g/mol. The molecule has 0 unspecified atom stereocenters. The van der Waals surface area contributed by atoms with Crippen LogP contribution in [0.15, 0.2) is 59.9 Å². The van der Waals surface area contributed by atoms with Crippen LogP contribution >= 0.6 is 0 Å². The number of hydrogen-bond acceptors (Lipinski definition) is 8. The normalized spacial score (nSPS) is 10.8. The highest BCUT2D eigenvalue weighted by Crippen LogP contribution is 2.38. The Morgan fingerprint density at radius 2 is 1.43 bits per heavy atom. The van der Waals surface area contributed by atoms with E-state index in [4.69, 9.17) is 23.7 Å². The molecule has 1 amide bonds. The smallest absolute Gasteiger partial charge is 0.258 e. The number of nitrogens with zero attached hydrogens (tertiary/aromatic N) is 2. The van der Waals surface area contributed by atoms with Crippen molar-refractivity contribution in [2.24, 2.45) is 4.99 Å². The van der Waals surface area contributed by atoms with E-state index in [9.17, 15) is 4.79 Å². The molecule has 0 bridgehead atoms. The Balaban J connectivity index is 1.93. The van der Waals surface area contributed by atoms with Gasteiger partial charge in [-0.15, -0.1) is 0 Å². The molecule has 0 saturated heterocycles. The summed E-state index contributed by atoms with van der Waals surface area (Å²) in [5.41, 5.74) is 1.82. The molecule has 10 heteroatoms. The van der Waals surface area contributed by atoms with Crippen molar-refractivity contribution in [3.8, 4) is 28.7 Å². The first kappa shape index (κ1) is 25.2. The molecule has 0 saturated carbocycles. The molecular formula is C25H28N4O6. The molecular weight excluding hydrogens is 452 g/mol. The van der Waals surface area contributed by atoms with E-state index in [1.807, 2.05) is 12.1 Å². The average molecular weight is 481 g/mol. The first-order valence-corrected chi connectivity index (χ1v) is 10.6. The summed E-state index contributed by atoms with van der Waals surface area (Å²) in [6, 6.07) is 12.1. The van der Waals surface area contributed by atoms with E-state index in [1.54, 1.807) is 56.9 Å². The minimum atomic E-state index is -0.430. The Morgan fingerprint density at radius 1 is 0.829 bits per heavy atom. The number of aromatic nitrogens is 1. The summed E-state index contributed by atoms with van der Waals surface area (Å²) in [6.45, 7) is 0.307. The minimum absolute atomic E-state index is 0.218. The average Bonchev–Trinajstić information content (AvgIpc) is 2.90. The molecule has 0 aliphatic rings. The maximum Gasteiger partial charge on any atom is 0.258 e. The number of pyridine rings is 1. The Morgan fingerprint density at radius 3 is 1.94 bits per heavy atom. The van der Waals surface area contributed by atoms with Crippen LogP contribution in [0.5, 0.6) is 28.7 Å². The number of nitrogens with one attached hydrogen (secondary N) is 2. The number of benzene rings is 2. The Bertz CT molecular complexity index is 1140. The van der Waals surface area contributed by atoms with Crippen LogP contribution in [-0.2, 0) is 6.54 Å². The van der Waals surface area contributed by atoms with E-state index in [0.717, 1.165) is 5.56 Å². The van der Waals surface area contributed by atoms with Gasteiger partial charge in [-0.1, -0.05) is 0 Å². The lowest BCUT2D eigenvalue weighted by atomic mass is 10.1. The predicted octanol–water partition coefficient (Wildman–Crippen LogP) is 3.52. The van der Waals surface area contributed by atoms with Gasteiger partial charge in [0.15, 0.2) is 11.5 Å². The molecule has 0 atom stereocenters. The Hall–Kier alpha value is -4.47. The number of amides is 1. The number of rotatable bonds is 9. The molecule has 184 valence electrons. The van der Waals surface area contributed by atoms with Crippen molar-refractivity contribution in [1.29, 1.82) is 0 Å². The Kier molecular flexibility index (Phi) is 8.71. The maximum absolute atomic E-state index is 13.2. The Labute approximate surface area is 203 Å². The summed E-state index contributed by atoms with van der Waals surface area (Å²) in [4.78, 5) is 21.8. The molecule has 10 nitrogen and oxygen atoms in total. The van der Waals surface area contributed by atoms with Gasteiger partial charge in [0.1, 0.15) is 11.5 Å². The van der Waals surface area contributed by atoms with Crippen LogP contribution in [0.1, 0.15) is 15.9 Å². The highest BCUT2D eigenvalue weighted by Gasteiger charge is 2.18. The molecule has 0 aliphatic heterocycles. The molecule has 0 radical (unpaired) electrons. The number of aliphatic imine (C=N–C) groups is 1. The number of hydrogen-bond donors (Lipinski definition) is 2. The van der Waals surface area contributed by atoms with Crippen LogP contribution in [0.2, 0.25) is 0 Å². The summed E-state index contributed by atoms with van der Waals surface area (Å²) in [5, 5.41) is 5.95. The topological polar surface area (TPSA) is 113 Å². The second kappa shape index (κ2) is 12.1. The van der Waals surface area contributed by atoms with Crippen molar-refractivity contribution in [2.45, 2.75) is 6.54 Å². The van der Waals surface area contributed by atoms with Crippen LogP contribution in [0.25, 0.3) is 0 Å². The quantitative estimate of drug-likeness (QED) is 0.353. The third-order valence-corrected chi connectivity index (χ3v) is 4.94. The maximum atomic E-state index is 13.2. The van der Waals surface area contributed by atoms with Gasteiger partial charge in [-0.3, -0.25) is 15.1 Å². The van der Waals surface area contributed by atoms with Crippen molar-refractivity contribution >= 4 is 17.6 Å². The van der Waals surface area contributed by atoms with E-state index < -0.39 is 5.91 Å². The third kappa shape index (κ3) is 6.53. The van der Waals surface area contributed by atoms with Gasteiger partial charge in [0.05, 0.1) is 42.1 Å². The zero-order valence-electron chi connectivity index (χ0n) is 20.2. The molecule has 1 aromatic heterocycles. The molecule has 3 rings (SSSR count). The number of anilines is 1. The van der Waals surface area contributed by atoms with E-state index in [1.165, 1.54) is 21.3 Å². The van der Waals surface area contributed by atoms with Crippen molar-refractivity contribution in [1.82, 2.24) is 10.3 Å². The molecule has 0 spiro atoms. The molecule has 2 aromatic carbocycles. The van der Waals surface area contributed by atoms with E-state index in [-0.39, 0.29) is 5.96 Å². The van der Waals surface area contributed by atoms with Gasteiger partial charge in [0.25, 0.3) is 5.91 Å². The summed E-state index contributed by atoms with van der Waals surface area (Å²) in [7, 11) is 7.58. The van der Waals surface area contributed by atoms with Gasteiger partial charge < -0.3 is 29.0 Å². The van der Waals surface area contributed by atoms with Crippen LogP contribution in [0.3, 0.4) is 0 Å². The lowest BCUT2D eigenvalue weighted by Gasteiger charge is -2.16. The van der Waals surface area contributed by atoms with E-state index >= 15 is 0 Å². The summed E-state index contributed by atoms with van der Waals surface area (Å²) in [6.07, 6.45) is 3.36. The van der Waals surface area contributed by atoms with Crippen LogP contribution in [-0.4, -0.2) is 52.4 Å². The minimum Gasteiger partial charge on any atom is -0.497 e. The summed E-state index contributed by atoms with van der Waals surface area (Å²) < 4.78 is 26.7. The number of carbonyl (C=O) groups excluding carboxylic acids is 1. The van der Waals surface area contributed by atoms with Gasteiger partial charge in [-0.05, 0) is 29.8 Å². The molecule has 1 heterocycles. The van der Waals surface area contributed by atoms with Gasteiger partial charge >= 0.3 is 0 Å². The standard InChI is InChI=1S/C25H28N4O6/c1-31-19-12-18(13-20(14-19)32-2)28-25(27-15-16-6-8-26-9-7-16)29-24(30)17-10-21(33-3)23(35-5)22(11-17)34-4/h6-14H,15H2,1-5H3,(H2,27,28,29,30). The van der Waals surface area contributed by atoms with Crippen molar-refractivity contribution in [3.63, 3.8) is 0 Å². The van der Waals surface area contributed by atoms with Crippen molar-refractivity contribution in [3.05, 3.63) is 66.0 Å². The highest BCUT2D eigenvalue weighted by atomic mass is 16.5. The van der Waals surface area contributed by atoms with Crippen molar-refractivity contribution in [2.75, 3.05) is 40.9 Å². The van der Waals surface area contributed by atoms with Crippen LogP contribution in [0.4, 0.5) is 5.69 Å². The SMILES string of the molecule is COc1cc(NC(=NCc2ccncc2)NC(=O)c2cc(OC)c(OC)c(OC)c2)cc(OC)c1.